The molecule has 2 fully saturated rings. The Balaban J connectivity index is 2.03. The van der Waals surface area contributed by atoms with Crippen molar-refractivity contribution in [3.05, 3.63) is 0 Å². The molecule has 0 spiro atoms. The molecule has 4 heteroatoms. The van der Waals surface area contributed by atoms with Gasteiger partial charge in [0.15, 0.2) is 0 Å². The number of alkyl halides is 2. The molecule has 0 aromatic heterocycles. The number of hydrogen-bond donors (Lipinski definition) is 1. The Hall–Kier alpha value is -0.670. The molecule has 2 aliphatic carbocycles. The highest BCUT2D eigenvalue weighted by Crippen LogP contribution is 2.51. The van der Waals surface area contributed by atoms with Crippen molar-refractivity contribution in [3.63, 3.8) is 0 Å². The van der Waals surface area contributed by atoms with Gasteiger partial charge in [0.25, 0.3) is 0 Å². The molecule has 0 aromatic carbocycles. The smallest absolute Gasteiger partial charge is 0.248 e. The van der Waals surface area contributed by atoms with Gasteiger partial charge in [-0.3, -0.25) is 4.79 Å². The van der Waals surface area contributed by atoms with Crippen LogP contribution in [0.15, 0.2) is 0 Å². The van der Waals surface area contributed by atoms with Crippen LogP contribution in [-0.4, -0.2) is 17.4 Å². The predicted octanol–water partition coefficient (Wildman–Crippen LogP) is 2.73. The van der Waals surface area contributed by atoms with E-state index in [0.717, 1.165) is 6.42 Å². The third-order valence-corrected chi connectivity index (χ3v) is 4.01. The van der Waals surface area contributed by atoms with Gasteiger partial charge in [0, 0.05) is 25.3 Å². The normalized spacial score (nSPS) is 41.5. The summed E-state index contributed by atoms with van der Waals surface area (Å²) in [4.78, 5) is 11.1. The van der Waals surface area contributed by atoms with E-state index in [1.807, 2.05) is 6.92 Å². The number of carbonyl (C=O) groups is 1. The van der Waals surface area contributed by atoms with Gasteiger partial charge in [0.05, 0.1) is 0 Å². The van der Waals surface area contributed by atoms with Gasteiger partial charge in [0.1, 0.15) is 0 Å². The van der Waals surface area contributed by atoms with Crippen LogP contribution in [0.5, 0.6) is 0 Å². The molecule has 3 atom stereocenters. The zero-order valence-corrected chi connectivity index (χ0v) is 9.85. The SMILES string of the molecule is CC(=O)NC1(C)CC2CCC(F)(F)CC2C1. The van der Waals surface area contributed by atoms with Crippen molar-refractivity contribution in [2.75, 3.05) is 0 Å². The number of fused-ring (bicyclic) bond motifs is 1. The van der Waals surface area contributed by atoms with Gasteiger partial charge in [-0.2, -0.15) is 0 Å². The quantitative estimate of drug-likeness (QED) is 0.738. The van der Waals surface area contributed by atoms with E-state index in [1.165, 1.54) is 6.92 Å². The van der Waals surface area contributed by atoms with Gasteiger partial charge in [-0.25, -0.2) is 8.78 Å². The monoisotopic (exact) mass is 231 g/mol. The predicted molar refractivity (Wildman–Crippen MR) is 57.2 cm³/mol. The van der Waals surface area contributed by atoms with E-state index in [1.54, 1.807) is 0 Å². The van der Waals surface area contributed by atoms with Crippen molar-refractivity contribution in [2.24, 2.45) is 11.8 Å². The second-order valence-electron chi connectivity index (χ2n) is 5.77. The fraction of sp³-hybridized carbons (Fsp3) is 0.917. The lowest BCUT2D eigenvalue weighted by Crippen LogP contribution is -2.43. The van der Waals surface area contributed by atoms with Crippen LogP contribution < -0.4 is 5.32 Å². The highest BCUT2D eigenvalue weighted by atomic mass is 19.3. The zero-order chi connectivity index (χ0) is 12.0. The van der Waals surface area contributed by atoms with E-state index in [2.05, 4.69) is 5.32 Å². The van der Waals surface area contributed by atoms with Crippen LogP contribution in [0.1, 0.15) is 46.0 Å². The Bertz CT molecular complexity index is 305. The Morgan fingerprint density at radius 3 is 2.50 bits per heavy atom. The number of halogens is 2. The van der Waals surface area contributed by atoms with Gasteiger partial charge >= 0.3 is 0 Å². The van der Waals surface area contributed by atoms with E-state index in [-0.39, 0.29) is 30.2 Å². The second-order valence-corrected chi connectivity index (χ2v) is 5.77. The molecule has 0 bridgehead atoms. The van der Waals surface area contributed by atoms with Crippen molar-refractivity contribution >= 4 is 5.91 Å². The van der Waals surface area contributed by atoms with Crippen LogP contribution in [0, 0.1) is 11.8 Å². The minimum atomic E-state index is -2.48. The van der Waals surface area contributed by atoms with E-state index < -0.39 is 5.92 Å². The van der Waals surface area contributed by atoms with E-state index >= 15 is 0 Å². The van der Waals surface area contributed by atoms with Crippen LogP contribution in [0.4, 0.5) is 8.78 Å². The molecule has 1 N–H and O–H groups in total. The Morgan fingerprint density at radius 1 is 1.25 bits per heavy atom. The van der Waals surface area contributed by atoms with Crippen molar-refractivity contribution in [2.45, 2.75) is 57.4 Å². The molecule has 0 aliphatic heterocycles. The maximum Gasteiger partial charge on any atom is 0.248 e. The number of carbonyl (C=O) groups excluding carboxylic acids is 1. The fourth-order valence-corrected chi connectivity index (χ4v) is 3.56. The summed E-state index contributed by atoms with van der Waals surface area (Å²) in [5, 5.41) is 2.92. The molecule has 2 rings (SSSR count). The van der Waals surface area contributed by atoms with Gasteiger partial charge in [-0.1, -0.05) is 0 Å². The minimum absolute atomic E-state index is 0.00679. The molecule has 2 nitrogen and oxygen atoms in total. The molecular formula is C12H19F2NO. The van der Waals surface area contributed by atoms with Crippen LogP contribution in [-0.2, 0) is 4.79 Å². The fourth-order valence-electron chi connectivity index (χ4n) is 3.56. The zero-order valence-electron chi connectivity index (χ0n) is 9.85. The molecule has 0 heterocycles. The van der Waals surface area contributed by atoms with Crippen molar-refractivity contribution in [1.82, 2.24) is 5.32 Å². The molecule has 0 aromatic rings. The molecule has 1 amide bonds. The first-order chi connectivity index (χ1) is 7.30. The van der Waals surface area contributed by atoms with Crippen molar-refractivity contribution < 1.29 is 13.6 Å². The average molecular weight is 231 g/mol. The second kappa shape index (κ2) is 3.67. The van der Waals surface area contributed by atoms with Crippen molar-refractivity contribution in [3.8, 4) is 0 Å². The standard InChI is InChI=1S/C12H19F2NO/c1-8(16)15-11(2)5-9-3-4-12(13,14)7-10(9)6-11/h9-10H,3-7H2,1-2H3,(H,15,16). The summed E-state index contributed by atoms with van der Waals surface area (Å²) in [7, 11) is 0. The summed E-state index contributed by atoms with van der Waals surface area (Å²) in [6.07, 6.45) is 2.18. The molecular weight excluding hydrogens is 212 g/mol. The van der Waals surface area contributed by atoms with Gasteiger partial charge in [-0.15, -0.1) is 0 Å². The first kappa shape index (κ1) is 11.8. The van der Waals surface area contributed by atoms with E-state index in [9.17, 15) is 13.6 Å². The lowest BCUT2D eigenvalue weighted by molar-refractivity contribution is -0.120. The van der Waals surface area contributed by atoms with Gasteiger partial charge in [0.2, 0.25) is 11.8 Å². The maximum atomic E-state index is 13.3. The molecule has 2 saturated carbocycles. The largest absolute Gasteiger partial charge is 0.351 e. The summed E-state index contributed by atoms with van der Waals surface area (Å²) >= 11 is 0. The molecule has 0 saturated heterocycles. The molecule has 2 aliphatic rings. The molecule has 3 unspecified atom stereocenters. The highest BCUT2D eigenvalue weighted by Gasteiger charge is 2.49. The number of amides is 1. The maximum absolute atomic E-state index is 13.3. The number of hydrogen-bond acceptors (Lipinski definition) is 1. The Kier molecular flexibility index (Phi) is 2.71. The third-order valence-electron chi connectivity index (χ3n) is 4.01. The lowest BCUT2D eigenvalue weighted by Gasteiger charge is -2.31. The van der Waals surface area contributed by atoms with Gasteiger partial charge < -0.3 is 5.32 Å². The van der Waals surface area contributed by atoms with E-state index in [4.69, 9.17) is 0 Å². The summed E-state index contributed by atoms with van der Waals surface area (Å²) in [5.41, 5.74) is -0.262. The Morgan fingerprint density at radius 2 is 1.88 bits per heavy atom. The summed E-state index contributed by atoms with van der Waals surface area (Å²) < 4.78 is 26.5. The topological polar surface area (TPSA) is 29.1 Å². The first-order valence-electron chi connectivity index (χ1n) is 5.96. The Labute approximate surface area is 94.8 Å². The van der Waals surface area contributed by atoms with E-state index in [0.29, 0.717) is 18.8 Å². The molecule has 0 radical (unpaired) electrons. The summed E-state index contributed by atoms with van der Waals surface area (Å²) in [6, 6.07) is 0. The molecule has 92 valence electrons. The third kappa shape index (κ3) is 2.36. The van der Waals surface area contributed by atoms with Crippen LogP contribution in [0.25, 0.3) is 0 Å². The van der Waals surface area contributed by atoms with Crippen LogP contribution in [0.2, 0.25) is 0 Å². The van der Waals surface area contributed by atoms with Crippen LogP contribution >= 0.6 is 0 Å². The number of rotatable bonds is 1. The van der Waals surface area contributed by atoms with Crippen molar-refractivity contribution in [1.29, 1.82) is 0 Å². The summed E-state index contributed by atoms with van der Waals surface area (Å²) in [5.74, 6) is -2.09. The van der Waals surface area contributed by atoms with Crippen LogP contribution in [0.3, 0.4) is 0 Å². The average Bonchev–Trinajstić information content (AvgIpc) is 2.36. The minimum Gasteiger partial charge on any atom is -0.351 e. The number of nitrogens with one attached hydrogen (secondary N) is 1. The first-order valence-corrected chi connectivity index (χ1v) is 5.96. The highest BCUT2D eigenvalue weighted by molar-refractivity contribution is 5.73. The molecule has 16 heavy (non-hydrogen) atoms. The summed E-state index contributed by atoms with van der Waals surface area (Å²) in [6.45, 7) is 3.46. The van der Waals surface area contributed by atoms with Gasteiger partial charge in [-0.05, 0) is 38.0 Å². The lowest BCUT2D eigenvalue weighted by atomic mass is 9.80.